The van der Waals surface area contributed by atoms with E-state index in [1.54, 1.807) is 18.2 Å². The lowest BCUT2D eigenvalue weighted by Crippen LogP contribution is -2.23. The number of furan rings is 1. The van der Waals surface area contributed by atoms with Gasteiger partial charge in [0, 0.05) is 6.54 Å². The maximum absolute atomic E-state index is 12.1. The topological polar surface area (TPSA) is 54.6 Å². The van der Waals surface area contributed by atoms with Crippen LogP contribution in [0.5, 0.6) is 5.75 Å². The first-order chi connectivity index (χ1) is 10.1. The quantitative estimate of drug-likeness (QED) is 0.822. The lowest BCUT2D eigenvalue weighted by molar-refractivity contribution is -0.0497. The molecule has 0 radical (unpaired) electrons. The van der Waals surface area contributed by atoms with E-state index in [9.17, 15) is 13.9 Å². The second-order valence-corrected chi connectivity index (χ2v) is 4.68. The molecule has 1 aromatic carbocycles. The predicted molar refractivity (Wildman–Crippen MR) is 73.5 cm³/mol. The van der Waals surface area contributed by atoms with Crippen molar-refractivity contribution in [3.63, 3.8) is 0 Å². The molecule has 7 heteroatoms. The number of aliphatic hydroxyl groups is 1. The van der Waals surface area contributed by atoms with E-state index in [-0.39, 0.29) is 23.4 Å². The third kappa shape index (κ3) is 4.42. The van der Waals surface area contributed by atoms with Gasteiger partial charge in [0.1, 0.15) is 11.5 Å². The largest absolute Gasteiger partial charge is 0.468 e. The number of rotatable bonds is 7. The molecule has 1 aromatic heterocycles. The van der Waals surface area contributed by atoms with Crippen LogP contribution in [0, 0.1) is 0 Å². The summed E-state index contributed by atoms with van der Waals surface area (Å²) in [5, 5.41) is 12.5. The van der Waals surface area contributed by atoms with E-state index < -0.39 is 6.61 Å². The maximum atomic E-state index is 12.1. The van der Waals surface area contributed by atoms with Crippen LogP contribution in [0.4, 0.5) is 8.78 Å². The molecule has 0 aliphatic carbocycles. The van der Waals surface area contributed by atoms with Crippen LogP contribution in [-0.2, 0) is 6.54 Å². The van der Waals surface area contributed by atoms with Gasteiger partial charge in [0.05, 0.1) is 23.9 Å². The Balaban J connectivity index is 1.98. The Bertz CT molecular complexity index is 563. The van der Waals surface area contributed by atoms with Gasteiger partial charge < -0.3 is 19.6 Å². The van der Waals surface area contributed by atoms with Crippen LogP contribution < -0.4 is 10.1 Å². The number of alkyl halides is 2. The summed E-state index contributed by atoms with van der Waals surface area (Å²) in [5.74, 6) is 0.543. The molecule has 1 unspecified atom stereocenters. The molecule has 0 saturated carbocycles. The number of aliphatic hydroxyl groups excluding tert-OH is 1. The lowest BCUT2D eigenvalue weighted by Gasteiger charge is -2.14. The zero-order valence-electron chi connectivity index (χ0n) is 10.9. The van der Waals surface area contributed by atoms with E-state index >= 15 is 0 Å². The molecule has 0 aliphatic heterocycles. The van der Waals surface area contributed by atoms with Crippen LogP contribution in [0.1, 0.15) is 17.4 Å². The molecule has 0 bridgehead atoms. The molecular weight excluding hydrogens is 304 g/mol. The van der Waals surface area contributed by atoms with Crippen molar-refractivity contribution in [2.45, 2.75) is 19.2 Å². The summed E-state index contributed by atoms with van der Waals surface area (Å²) in [6.45, 7) is -2.65. The highest BCUT2D eigenvalue weighted by molar-refractivity contribution is 6.32. The summed E-state index contributed by atoms with van der Waals surface area (Å²) < 4.78 is 33.7. The van der Waals surface area contributed by atoms with Gasteiger partial charge >= 0.3 is 6.61 Å². The van der Waals surface area contributed by atoms with E-state index in [0.717, 1.165) is 5.56 Å². The molecule has 21 heavy (non-hydrogen) atoms. The average Bonchev–Trinajstić information content (AvgIpc) is 2.96. The minimum atomic E-state index is -2.91. The normalized spacial score (nSPS) is 12.6. The van der Waals surface area contributed by atoms with Crippen molar-refractivity contribution in [3.05, 3.63) is 52.9 Å². The first-order valence-electron chi connectivity index (χ1n) is 6.21. The van der Waals surface area contributed by atoms with Crippen LogP contribution in [0.25, 0.3) is 0 Å². The average molecular weight is 318 g/mol. The zero-order chi connectivity index (χ0) is 15.2. The number of nitrogens with one attached hydrogen (secondary N) is 1. The fourth-order valence-corrected chi connectivity index (χ4v) is 2.08. The van der Waals surface area contributed by atoms with Gasteiger partial charge in [-0.3, -0.25) is 0 Å². The molecule has 0 amide bonds. The summed E-state index contributed by atoms with van der Waals surface area (Å²) in [4.78, 5) is 0. The van der Waals surface area contributed by atoms with Gasteiger partial charge in [-0.2, -0.15) is 8.78 Å². The second kappa shape index (κ2) is 7.40. The van der Waals surface area contributed by atoms with Crippen LogP contribution in [-0.4, -0.2) is 18.3 Å². The van der Waals surface area contributed by atoms with E-state index in [1.165, 1.54) is 18.4 Å². The number of hydrogen-bond acceptors (Lipinski definition) is 4. The van der Waals surface area contributed by atoms with Gasteiger partial charge in [-0.1, -0.05) is 17.7 Å². The van der Waals surface area contributed by atoms with Gasteiger partial charge in [-0.25, -0.2) is 0 Å². The smallest absolute Gasteiger partial charge is 0.387 e. The van der Waals surface area contributed by atoms with Gasteiger partial charge in [0.2, 0.25) is 0 Å². The molecule has 114 valence electrons. The van der Waals surface area contributed by atoms with Crippen molar-refractivity contribution in [3.8, 4) is 5.75 Å². The van der Waals surface area contributed by atoms with Gasteiger partial charge in [-0.15, -0.1) is 0 Å². The predicted octanol–water partition coefficient (Wildman–Crippen LogP) is 3.36. The monoisotopic (exact) mass is 317 g/mol. The molecule has 2 N–H and O–H groups in total. The molecule has 1 atom stereocenters. The third-order valence-electron chi connectivity index (χ3n) is 2.83. The van der Waals surface area contributed by atoms with Gasteiger partial charge in [0.15, 0.2) is 0 Å². The van der Waals surface area contributed by atoms with E-state index in [2.05, 4.69) is 10.1 Å². The Hall–Kier alpha value is -1.63. The molecule has 0 aliphatic rings. The molecule has 1 heterocycles. The Morgan fingerprint density at radius 1 is 1.33 bits per heavy atom. The van der Waals surface area contributed by atoms with Crippen molar-refractivity contribution in [2.24, 2.45) is 0 Å². The van der Waals surface area contributed by atoms with Gasteiger partial charge in [0.25, 0.3) is 0 Å². The molecule has 0 fully saturated rings. The van der Waals surface area contributed by atoms with E-state index in [0.29, 0.717) is 12.3 Å². The van der Waals surface area contributed by atoms with Gasteiger partial charge in [-0.05, 0) is 29.8 Å². The highest BCUT2D eigenvalue weighted by atomic mass is 35.5. The molecule has 4 nitrogen and oxygen atoms in total. The first kappa shape index (κ1) is 15.8. The van der Waals surface area contributed by atoms with E-state index in [4.69, 9.17) is 16.0 Å². The van der Waals surface area contributed by atoms with Crippen LogP contribution in [0.15, 0.2) is 41.0 Å². The minimum Gasteiger partial charge on any atom is -0.468 e. The zero-order valence-corrected chi connectivity index (χ0v) is 11.7. The molecular formula is C14H14ClF2NO3. The minimum absolute atomic E-state index is 0.0693. The lowest BCUT2D eigenvalue weighted by atomic mass is 10.2. The second-order valence-electron chi connectivity index (χ2n) is 4.27. The summed E-state index contributed by atoms with van der Waals surface area (Å²) in [6, 6.07) is 7.66. The Labute approximate surface area is 125 Å². The summed E-state index contributed by atoms with van der Waals surface area (Å²) in [6.07, 6.45) is 1.52. The Kier molecular flexibility index (Phi) is 5.55. The molecule has 2 aromatic rings. The number of ether oxygens (including phenoxy) is 1. The van der Waals surface area contributed by atoms with Crippen molar-refractivity contribution in [2.75, 3.05) is 6.61 Å². The molecule has 2 rings (SSSR count). The maximum Gasteiger partial charge on any atom is 0.387 e. The third-order valence-corrected chi connectivity index (χ3v) is 3.13. The van der Waals surface area contributed by atoms with Crippen molar-refractivity contribution in [1.82, 2.24) is 5.32 Å². The highest BCUT2D eigenvalue weighted by Crippen LogP contribution is 2.27. The first-order valence-corrected chi connectivity index (χ1v) is 6.59. The summed E-state index contributed by atoms with van der Waals surface area (Å²) in [7, 11) is 0. The number of hydrogen-bond donors (Lipinski definition) is 2. The highest BCUT2D eigenvalue weighted by Gasteiger charge is 2.13. The van der Waals surface area contributed by atoms with E-state index in [1.807, 2.05) is 0 Å². The SMILES string of the molecule is OCC(NCc1ccc(OC(F)F)c(Cl)c1)c1ccco1. The molecule has 0 saturated heterocycles. The standard InChI is InChI=1S/C14H14ClF2NO3/c15-10-6-9(3-4-12(10)21-14(16)17)7-18-11(8-19)13-2-1-5-20-13/h1-6,11,14,18-19H,7-8H2. The van der Waals surface area contributed by atoms with Crippen LogP contribution >= 0.6 is 11.6 Å². The van der Waals surface area contributed by atoms with Crippen molar-refractivity contribution in [1.29, 1.82) is 0 Å². The van der Waals surface area contributed by atoms with Crippen molar-refractivity contribution < 1.29 is 23.0 Å². The number of benzene rings is 1. The summed E-state index contributed by atoms with van der Waals surface area (Å²) >= 11 is 5.87. The fraction of sp³-hybridized carbons (Fsp3) is 0.286. The van der Waals surface area contributed by atoms with Crippen molar-refractivity contribution >= 4 is 11.6 Å². The Morgan fingerprint density at radius 2 is 2.14 bits per heavy atom. The molecule has 0 spiro atoms. The Morgan fingerprint density at radius 3 is 2.71 bits per heavy atom. The summed E-state index contributed by atoms with van der Waals surface area (Å²) in [5.41, 5.74) is 0.770. The number of halogens is 3. The van der Waals surface area contributed by atoms with Crippen LogP contribution in [0.2, 0.25) is 5.02 Å². The van der Waals surface area contributed by atoms with Crippen LogP contribution in [0.3, 0.4) is 0 Å². The fourth-order valence-electron chi connectivity index (χ4n) is 1.83.